The highest BCUT2D eigenvalue weighted by Gasteiger charge is 2.23. The fourth-order valence-corrected chi connectivity index (χ4v) is 3.95. The second kappa shape index (κ2) is 5.54. The van der Waals surface area contributed by atoms with Crippen molar-refractivity contribution in [1.82, 2.24) is 9.78 Å². The monoisotopic (exact) mass is 294 g/mol. The van der Waals surface area contributed by atoms with Gasteiger partial charge in [-0.25, -0.2) is 4.79 Å². The van der Waals surface area contributed by atoms with Gasteiger partial charge >= 0.3 is 5.97 Å². The van der Waals surface area contributed by atoms with E-state index in [9.17, 15) is 9.90 Å². The topological polar surface area (TPSA) is 64.4 Å². The first-order valence-corrected chi connectivity index (χ1v) is 7.75. The molecule has 1 aliphatic rings. The van der Waals surface area contributed by atoms with Gasteiger partial charge < -0.3 is 9.84 Å². The molecule has 2 aromatic rings. The molecule has 2 heterocycles. The lowest BCUT2D eigenvalue weighted by Crippen LogP contribution is -2.14. The van der Waals surface area contributed by atoms with E-state index in [4.69, 9.17) is 4.74 Å². The van der Waals surface area contributed by atoms with Crippen LogP contribution in [0, 0.1) is 0 Å². The van der Waals surface area contributed by atoms with Crippen molar-refractivity contribution in [2.45, 2.75) is 44.8 Å². The number of fused-ring (bicyclic) bond motifs is 1. The van der Waals surface area contributed by atoms with E-state index < -0.39 is 5.97 Å². The van der Waals surface area contributed by atoms with E-state index in [0.29, 0.717) is 17.5 Å². The molecule has 0 aromatic carbocycles. The van der Waals surface area contributed by atoms with Crippen molar-refractivity contribution in [2.75, 3.05) is 7.11 Å². The predicted molar refractivity (Wildman–Crippen MR) is 77.4 cm³/mol. The Labute approximate surface area is 121 Å². The Balaban J connectivity index is 2.07. The molecule has 0 atom stereocenters. The zero-order valence-electron chi connectivity index (χ0n) is 11.5. The maximum atomic E-state index is 11.2. The number of ether oxygens (including phenoxy) is 1. The Kier molecular flexibility index (Phi) is 3.76. The average Bonchev–Trinajstić information content (AvgIpc) is 3.01. The van der Waals surface area contributed by atoms with Crippen molar-refractivity contribution in [3.63, 3.8) is 0 Å². The Hall–Kier alpha value is -1.40. The third kappa shape index (κ3) is 2.33. The largest absolute Gasteiger partial charge is 0.477 e. The molecule has 0 spiro atoms. The summed E-state index contributed by atoms with van der Waals surface area (Å²) in [5, 5.41) is 14.8. The summed E-state index contributed by atoms with van der Waals surface area (Å²) >= 11 is 1.32. The molecule has 1 N–H and O–H groups in total. The number of carboxylic acids is 1. The first kappa shape index (κ1) is 13.6. The Morgan fingerprint density at radius 3 is 2.90 bits per heavy atom. The molecule has 5 nitrogen and oxygen atoms in total. The number of hydrogen-bond donors (Lipinski definition) is 1. The van der Waals surface area contributed by atoms with Gasteiger partial charge in [0.1, 0.15) is 9.71 Å². The lowest BCUT2D eigenvalue weighted by molar-refractivity contribution is 0.0702. The molecule has 0 bridgehead atoms. The molecule has 20 heavy (non-hydrogen) atoms. The maximum absolute atomic E-state index is 11.2. The van der Waals surface area contributed by atoms with Crippen LogP contribution in [-0.4, -0.2) is 28.0 Å². The Bertz CT molecular complexity index is 626. The first-order chi connectivity index (χ1) is 9.70. The second-order valence-electron chi connectivity index (χ2n) is 5.25. The minimum absolute atomic E-state index is 0.374. The summed E-state index contributed by atoms with van der Waals surface area (Å²) in [6.45, 7) is 0.423. The van der Waals surface area contributed by atoms with Crippen molar-refractivity contribution < 1.29 is 14.6 Å². The predicted octanol–water partition coefficient (Wildman–Crippen LogP) is 3.45. The summed E-state index contributed by atoms with van der Waals surface area (Å²) in [5.41, 5.74) is 0.844. The number of carboxylic acid groups (broad SMARTS) is 1. The number of thiophene rings is 1. The minimum Gasteiger partial charge on any atom is -0.477 e. The summed E-state index contributed by atoms with van der Waals surface area (Å²) in [5.74, 6) is -0.871. The Morgan fingerprint density at radius 2 is 2.25 bits per heavy atom. The molecule has 0 unspecified atom stereocenters. The highest BCUT2D eigenvalue weighted by atomic mass is 32.1. The number of methoxy groups -OCH3 is 1. The second-order valence-corrected chi connectivity index (χ2v) is 6.28. The number of nitrogens with zero attached hydrogens (tertiary/aromatic N) is 2. The molecule has 6 heteroatoms. The fraction of sp³-hybridized carbons (Fsp3) is 0.571. The van der Waals surface area contributed by atoms with E-state index in [1.807, 2.05) is 4.68 Å². The molecular formula is C14H18N2O3S. The van der Waals surface area contributed by atoms with Crippen LogP contribution in [0.4, 0.5) is 0 Å². The molecule has 3 rings (SSSR count). The van der Waals surface area contributed by atoms with Crippen LogP contribution >= 0.6 is 11.3 Å². The van der Waals surface area contributed by atoms with Crippen LogP contribution in [0.25, 0.3) is 10.2 Å². The maximum Gasteiger partial charge on any atom is 0.345 e. The van der Waals surface area contributed by atoms with Gasteiger partial charge in [0.15, 0.2) is 0 Å². The average molecular weight is 294 g/mol. The van der Waals surface area contributed by atoms with Gasteiger partial charge in [0.25, 0.3) is 0 Å². The molecule has 0 amide bonds. The number of carbonyl (C=O) groups is 1. The number of hydrogen-bond acceptors (Lipinski definition) is 4. The van der Waals surface area contributed by atoms with Crippen molar-refractivity contribution in [3.8, 4) is 0 Å². The zero-order chi connectivity index (χ0) is 14.1. The lowest BCUT2D eigenvalue weighted by Gasteiger charge is -2.22. The molecule has 108 valence electrons. The van der Waals surface area contributed by atoms with Crippen molar-refractivity contribution in [2.24, 2.45) is 0 Å². The van der Waals surface area contributed by atoms with Gasteiger partial charge in [-0.2, -0.15) is 5.10 Å². The summed E-state index contributed by atoms with van der Waals surface area (Å²) < 4.78 is 7.23. The normalized spacial score (nSPS) is 16.9. The van der Waals surface area contributed by atoms with Crippen LogP contribution < -0.4 is 0 Å². The number of aromatic carboxylic acids is 1. The summed E-state index contributed by atoms with van der Waals surface area (Å²) in [6.07, 6.45) is 6.00. The smallest absolute Gasteiger partial charge is 0.345 e. The van der Waals surface area contributed by atoms with Crippen LogP contribution in [0.3, 0.4) is 0 Å². The van der Waals surface area contributed by atoms with E-state index in [2.05, 4.69) is 5.10 Å². The molecule has 1 aliphatic carbocycles. The van der Waals surface area contributed by atoms with Crippen LogP contribution in [0.15, 0.2) is 6.07 Å². The number of rotatable bonds is 4. The third-order valence-electron chi connectivity index (χ3n) is 3.87. The van der Waals surface area contributed by atoms with Gasteiger partial charge in [0, 0.05) is 12.5 Å². The third-order valence-corrected chi connectivity index (χ3v) is 4.99. The van der Waals surface area contributed by atoms with E-state index in [-0.39, 0.29) is 0 Å². The molecule has 1 saturated carbocycles. The minimum atomic E-state index is -0.871. The van der Waals surface area contributed by atoms with Crippen LogP contribution in [0.5, 0.6) is 0 Å². The van der Waals surface area contributed by atoms with Gasteiger partial charge in [-0.05, 0) is 18.9 Å². The fourth-order valence-electron chi connectivity index (χ4n) is 2.91. The molecule has 1 fully saturated rings. The highest BCUT2D eigenvalue weighted by Crippen LogP contribution is 2.35. The van der Waals surface area contributed by atoms with E-state index >= 15 is 0 Å². The SMILES string of the molecule is COCc1nn(C2CCCCC2)c2sc(C(=O)O)cc12. The zero-order valence-corrected chi connectivity index (χ0v) is 12.3. The summed E-state index contributed by atoms with van der Waals surface area (Å²) in [6, 6.07) is 2.13. The lowest BCUT2D eigenvalue weighted by atomic mass is 9.96. The van der Waals surface area contributed by atoms with Crippen molar-refractivity contribution >= 4 is 27.5 Å². The van der Waals surface area contributed by atoms with Crippen LogP contribution in [-0.2, 0) is 11.3 Å². The van der Waals surface area contributed by atoms with E-state index in [0.717, 1.165) is 28.8 Å². The Morgan fingerprint density at radius 1 is 1.50 bits per heavy atom. The van der Waals surface area contributed by atoms with Gasteiger partial charge in [-0.15, -0.1) is 11.3 Å². The summed E-state index contributed by atoms with van der Waals surface area (Å²) in [7, 11) is 1.63. The van der Waals surface area contributed by atoms with Crippen LogP contribution in [0.1, 0.15) is 53.5 Å². The number of aromatic nitrogens is 2. The van der Waals surface area contributed by atoms with E-state index in [1.165, 1.54) is 30.6 Å². The van der Waals surface area contributed by atoms with Gasteiger partial charge in [-0.1, -0.05) is 19.3 Å². The molecule has 0 saturated heterocycles. The highest BCUT2D eigenvalue weighted by molar-refractivity contribution is 7.20. The van der Waals surface area contributed by atoms with E-state index in [1.54, 1.807) is 13.2 Å². The molecule has 2 aromatic heterocycles. The van der Waals surface area contributed by atoms with Gasteiger partial charge in [-0.3, -0.25) is 4.68 Å². The molecule has 0 radical (unpaired) electrons. The van der Waals surface area contributed by atoms with Crippen LogP contribution in [0.2, 0.25) is 0 Å². The quantitative estimate of drug-likeness (QED) is 0.938. The van der Waals surface area contributed by atoms with Gasteiger partial charge in [0.2, 0.25) is 0 Å². The molecule has 0 aliphatic heterocycles. The molecular weight excluding hydrogens is 276 g/mol. The first-order valence-electron chi connectivity index (χ1n) is 6.94. The summed E-state index contributed by atoms with van der Waals surface area (Å²) in [4.78, 5) is 12.5. The standard InChI is InChI=1S/C14H18N2O3S/c1-19-8-11-10-7-12(14(17)18)20-13(10)16(15-11)9-5-3-2-4-6-9/h7,9H,2-6,8H2,1H3,(H,17,18). The van der Waals surface area contributed by atoms with Crippen molar-refractivity contribution in [1.29, 1.82) is 0 Å². The van der Waals surface area contributed by atoms with Crippen molar-refractivity contribution in [3.05, 3.63) is 16.6 Å². The van der Waals surface area contributed by atoms with Gasteiger partial charge in [0.05, 0.1) is 18.3 Å².